The molecule has 0 aliphatic rings. The number of nitrogens with zero attached hydrogens (tertiary/aromatic N) is 1. The molecule has 33 heavy (non-hydrogen) atoms. The van der Waals surface area contributed by atoms with Crippen molar-refractivity contribution in [3.05, 3.63) is 72.5 Å². The van der Waals surface area contributed by atoms with Crippen molar-refractivity contribution in [3.63, 3.8) is 0 Å². The van der Waals surface area contributed by atoms with Crippen molar-refractivity contribution in [3.8, 4) is 34.0 Å². The molecule has 0 saturated heterocycles. The van der Waals surface area contributed by atoms with Gasteiger partial charge in [-0.25, -0.2) is 9.37 Å². The third kappa shape index (κ3) is 3.67. The molecule has 5 aromatic rings. The maximum atomic E-state index is 13.3. The molecule has 166 valence electrons. The molecule has 7 nitrogen and oxygen atoms in total. The number of phenols is 1. The van der Waals surface area contributed by atoms with Gasteiger partial charge in [0, 0.05) is 6.07 Å². The lowest BCUT2D eigenvalue weighted by Crippen LogP contribution is -1.97. The number of phenolic OH excluding ortho intramolecular Hbond substituents is 1. The molecule has 0 unspecified atom stereocenters. The highest BCUT2D eigenvalue weighted by molar-refractivity contribution is 7.85. The van der Waals surface area contributed by atoms with E-state index in [1.54, 1.807) is 24.3 Å². The van der Waals surface area contributed by atoms with E-state index in [1.807, 2.05) is 18.2 Å². The molecule has 0 spiro atoms. The van der Waals surface area contributed by atoms with Crippen molar-refractivity contribution in [1.29, 1.82) is 0 Å². The van der Waals surface area contributed by atoms with E-state index in [1.165, 1.54) is 25.3 Å². The topological polar surface area (TPSA) is 113 Å². The summed E-state index contributed by atoms with van der Waals surface area (Å²) in [6, 6.07) is 17.3. The number of H-pyrrole nitrogens is 1. The van der Waals surface area contributed by atoms with Crippen molar-refractivity contribution in [2.75, 3.05) is 7.11 Å². The molecule has 0 aliphatic heterocycles. The summed E-state index contributed by atoms with van der Waals surface area (Å²) in [5.74, 6) is 0.391. The van der Waals surface area contributed by atoms with Crippen LogP contribution in [0.3, 0.4) is 0 Å². The zero-order valence-corrected chi connectivity index (χ0v) is 18.0. The number of benzene rings is 4. The number of methoxy groups -OCH3 is 1. The van der Waals surface area contributed by atoms with Gasteiger partial charge in [-0.3, -0.25) is 4.55 Å². The Morgan fingerprint density at radius 2 is 1.70 bits per heavy atom. The number of fused-ring (bicyclic) bond motifs is 3. The molecule has 0 fully saturated rings. The van der Waals surface area contributed by atoms with E-state index in [-0.39, 0.29) is 11.6 Å². The summed E-state index contributed by atoms with van der Waals surface area (Å²) in [6.45, 7) is 0. The normalized spacial score (nSPS) is 11.8. The zero-order valence-electron chi connectivity index (χ0n) is 17.2. The van der Waals surface area contributed by atoms with E-state index in [4.69, 9.17) is 4.74 Å². The van der Waals surface area contributed by atoms with Gasteiger partial charge in [-0.05, 0) is 52.9 Å². The highest BCUT2D eigenvalue weighted by Crippen LogP contribution is 2.37. The summed E-state index contributed by atoms with van der Waals surface area (Å²) in [4.78, 5) is 7.43. The maximum Gasteiger partial charge on any atom is 0.294 e. The van der Waals surface area contributed by atoms with Crippen molar-refractivity contribution < 1.29 is 27.2 Å². The predicted molar refractivity (Wildman–Crippen MR) is 122 cm³/mol. The van der Waals surface area contributed by atoms with Gasteiger partial charge in [0.1, 0.15) is 28.7 Å². The van der Waals surface area contributed by atoms with Crippen LogP contribution >= 0.6 is 0 Å². The first kappa shape index (κ1) is 20.9. The first-order valence-corrected chi connectivity index (χ1v) is 11.3. The SMILES string of the molecule is COc1cc(-c2ccc(F)cc2)ccc1-c1nc2c(ccc3cc(S(=O)(=O)O)cc(O)c32)[nH]1. The fourth-order valence-electron chi connectivity index (χ4n) is 3.87. The molecule has 0 radical (unpaired) electrons. The zero-order chi connectivity index (χ0) is 23.3. The summed E-state index contributed by atoms with van der Waals surface area (Å²) in [6.07, 6.45) is 0. The first-order chi connectivity index (χ1) is 15.7. The molecule has 1 heterocycles. The summed E-state index contributed by atoms with van der Waals surface area (Å²) >= 11 is 0. The average Bonchev–Trinajstić information content (AvgIpc) is 3.22. The molecule has 3 N–H and O–H groups in total. The number of hydrogen-bond donors (Lipinski definition) is 3. The Kier molecular flexibility index (Phi) is 4.80. The minimum Gasteiger partial charge on any atom is -0.507 e. The van der Waals surface area contributed by atoms with Crippen LogP contribution in [0.15, 0.2) is 71.6 Å². The Labute approximate surface area is 187 Å². The minimum absolute atomic E-state index is 0.316. The standard InChI is InChI=1S/C24H17FN2O5S/c1-32-21-11-14(13-2-6-16(25)7-3-13)4-8-18(21)24-26-19-9-5-15-10-17(33(29,30)31)12-20(28)22(15)23(19)27-24/h2-12,28H,1H3,(H,26,27)(H,29,30,31). The van der Waals surface area contributed by atoms with Gasteiger partial charge in [0.15, 0.2) is 0 Å². The van der Waals surface area contributed by atoms with Gasteiger partial charge in [-0.15, -0.1) is 0 Å². The van der Waals surface area contributed by atoms with Crippen molar-refractivity contribution >= 4 is 31.9 Å². The highest BCUT2D eigenvalue weighted by atomic mass is 32.2. The highest BCUT2D eigenvalue weighted by Gasteiger charge is 2.18. The predicted octanol–water partition coefficient (Wildman–Crippen LogP) is 5.15. The molecule has 0 bridgehead atoms. The first-order valence-electron chi connectivity index (χ1n) is 9.82. The number of aromatic nitrogens is 2. The monoisotopic (exact) mass is 464 g/mol. The van der Waals surface area contributed by atoms with E-state index in [0.29, 0.717) is 38.9 Å². The molecule has 4 aromatic carbocycles. The number of nitrogens with one attached hydrogen (secondary N) is 1. The van der Waals surface area contributed by atoms with Gasteiger partial charge in [-0.2, -0.15) is 8.42 Å². The fraction of sp³-hybridized carbons (Fsp3) is 0.0417. The number of hydrogen-bond acceptors (Lipinski definition) is 5. The second kappa shape index (κ2) is 7.58. The third-order valence-electron chi connectivity index (χ3n) is 5.45. The van der Waals surface area contributed by atoms with E-state index >= 15 is 0 Å². The van der Waals surface area contributed by atoms with Crippen LogP contribution in [0, 0.1) is 5.82 Å². The van der Waals surface area contributed by atoms with Gasteiger partial charge in [0.2, 0.25) is 0 Å². The van der Waals surface area contributed by atoms with E-state index in [0.717, 1.165) is 17.2 Å². The fourth-order valence-corrected chi connectivity index (χ4v) is 4.40. The Hall–Kier alpha value is -3.95. The largest absolute Gasteiger partial charge is 0.507 e. The molecule has 9 heteroatoms. The number of aromatic amines is 1. The molecule has 0 atom stereocenters. The number of imidazole rings is 1. The molecule has 0 saturated carbocycles. The summed E-state index contributed by atoms with van der Waals surface area (Å²) in [5.41, 5.74) is 3.40. The maximum absolute atomic E-state index is 13.3. The molecule has 0 aliphatic carbocycles. The number of aromatic hydroxyl groups is 1. The van der Waals surface area contributed by atoms with Crippen molar-refractivity contribution in [2.45, 2.75) is 4.90 Å². The van der Waals surface area contributed by atoms with Crippen LogP contribution in [0.2, 0.25) is 0 Å². The summed E-state index contributed by atoms with van der Waals surface area (Å²) in [5, 5.41) is 11.3. The molecule has 1 aromatic heterocycles. The van der Waals surface area contributed by atoms with Crippen LogP contribution in [0.1, 0.15) is 0 Å². The lowest BCUT2D eigenvalue weighted by Gasteiger charge is -2.09. The van der Waals surface area contributed by atoms with Gasteiger partial charge in [0.05, 0.1) is 28.5 Å². The number of ether oxygens (including phenoxy) is 1. The van der Waals surface area contributed by atoms with Gasteiger partial charge < -0.3 is 14.8 Å². The average molecular weight is 464 g/mol. The lowest BCUT2D eigenvalue weighted by molar-refractivity contribution is 0.416. The van der Waals surface area contributed by atoms with E-state index in [2.05, 4.69) is 9.97 Å². The van der Waals surface area contributed by atoms with E-state index < -0.39 is 15.0 Å². The minimum atomic E-state index is -4.47. The van der Waals surface area contributed by atoms with Crippen LogP contribution in [-0.2, 0) is 10.1 Å². The second-order valence-corrected chi connectivity index (χ2v) is 8.91. The summed E-state index contributed by atoms with van der Waals surface area (Å²) < 4.78 is 51.1. The van der Waals surface area contributed by atoms with Gasteiger partial charge in [0.25, 0.3) is 10.1 Å². The third-order valence-corrected chi connectivity index (χ3v) is 6.28. The second-order valence-electron chi connectivity index (χ2n) is 7.48. The van der Waals surface area contributed by atoms with Crippen LogP contribution in [0.5, 0.6) is 11.5 Å². The van der Waals surface area contributed by atoms with Gasteiger partial charge >= 0.3 is 0 Å². The quantitative estimate of drug-likeness (QED) is 0.317. The van der Waals surface area contributed by atoms with Crippen molar-refractivity contribution in [1.82, 2.24) is 9.97 Å². The van der Waals surface area contributed by atoms with E-state index in [9.17, 15) is 22.5 Å². The Bertz CT molecular complexity index is 1640. The summed E-state index contributed by atoms with van der Waals surface area (Å²) in [7, 11) is -2.94. The van der Waals surface area contributed by atoms with Crippen LogP contribution < -0.4 is 4.74 Å². The Balaban J connectivity index is 1.65. The molecule has 0 amide bonds. The van der Waals surface area contributed by atoms with Crippen LogP contribution in [0.4, 0.5) is 4.39 Å². The number of rotatable bonds is 4. The molecular formula is C24H17FN2O5S. The Morgan fingerprint density at radius 3 is 2.39 bits per heavy atom. The Morgan fingerprint density at radius 1 is 0.970 bits per heavy atom. The van der Waals surface area contributed by atoms with Crippen LogP contribution in [0.25, 0.3) is 44.3 Å². The van der Waals surface area contributed by atoms with Crippen LogP contribution in [-0.4, -0.2) is 35.2 Å². The molecular weight excluding hydrogens is 447 g/mol. The van der Waals surface area contributed by atoms with Gasteiger partial charge in [-0.1, -0.05) is 24.3 Å². The van der Waals surface area contributed by atoms with Crippen molar-refractivity contribution in [2.24, 2.45) is 0 Å². The molecule has 5 rings (SSSR count). The number of halogens is 1. The lowest BCUT2D eigenvalue weighted by atomic mass is 10.0. The smallest absolute Gasteiger partial charge is 0.294 e.